The van der Waals surface area contributed by atoms with Crippen LogP contribution in [0.5, 0.6) is 11.5 Å². The first kappa shape index (κ1) is 12.9. The standard InChI is InChI=1S/C16H8FNO3/c17-12-7-10(9-19)5-6-14(12)21-16-11-3-1-2-4-13(11)20-15(16)8-18/h1-7,9H. The molecule has 2 aromatic carbocycles. The monoisotopic (exact) mass is 281 g/mol. The Bertz CT molecular complexity index is 877. The molecule has 0 fully saturated rings. The minimum Gasteiger partial charge on any atom is -0.449 e. The molecule has 3 rings (SSSR count). The lowest BCUT2D eigenvalue weighted by Crippen LogP contribution is -1.91. The largest absolute Gasteiger partial charge is 0.449 e. The average Bonchev–Trinajstić information content (AvgIpc) is 2.87. The van der Waals surface area contributed by atoms with E-state index in [0.29, 0.717) is 17.3 Å². The highest BCUT2D eigenvalue weighted by Crippen LogP contribution is 2.36. The first-order chi connectivity index (χ1) is 10.2. The number of carbonyl (C=O) groups excluding carboxylic acids is 1. The van der Waals surface area contributed by atoms with Crippen LogP contribution in [0, 0.1) is 17.1 Å². The number of aldehydes is 1. The maximum atomic E-state index is 13.9. The molecule has 0 amide bonds. The second kappa shape index (κ2) is 5.10. The number of hydrogen-bond acceptors (Lipinski definition) is 4. The highest BCUT2D eigenvalue weighted by Gasteiger charge is 2.17. The predicted molar refractivity (Wildman–Crippen MR) is 72.8 cm³/mol. The average molecular weight is 281 g/mol. The Morgan fingerprint density at radius 3 is 2.76 bits per heavy atom. The lowest BCUT2D eigenvalue weighted by atomic mass is 10.2. The van der Waals surface area contributed by atoms with Gasteiger partial charge in [0.05, 0.1) is 5.39 Å². The highest BCUT2D eigenvalue weighted by molar-refractivity contribution is 5.86. The van der Waals surface area contributed by atoms with Crippen LogP contribution in [-0.4, -0.2) is 6.29 Å². The molecular formula is C16H8FNO3. The Balaban J connectivity index is 2.10. The van der Waals surface area contributed by atoms with Gasteiger partial charge < -0.3 is 9.15 Å². The fourth-order valence-corrected chi connectivity index (χ4v) is 1.98. The molecule has 3 aromatic rings. The van der Waals surface area contributed by atoms with Gasteiger partial charge in [0.15, 0.2) is 17.3 Å². The molecule has 4 nitrogen and oxygen atoms in total. The Morgan fingerprint density at radius 1 is 1.24 bits per heavy atom. The van der Waals surface area contributed by atoms with Crippen molar-refractivity contribution in [3.8, 4) is 17.6 Å². The number of ether oxygens (including phenoxy) is 1. The fourth-order valence-electron chi connectivity index (χ4n) is 1.98. The topological polar surface area (TPSA) is 63.2 Å². The fraction of sp³-hybridized carbons (Fsp3) is 0. The minimum absolute atomic E-state index is 0.0323. The second-order valence-electron chi connectivity index (χ2n) is 4.28. The van der Waals surface area contributed by atoms with Gasteiger partial charge in [-0.05, 0) is 30.3 Å². The van der Waals surface area contributed by atoms with E-state index in [1.165, 1.54) is 12.1 Å². The molecule has 0 saturated heterocycles. The minimum atomic E-state index is -0.686. The molecule has 0 aliphatic carbocycles. The number of fused-ring (bicyclic) bond motifs is 1. The Labute approximate surface area is 119 Å². The number of rotatable bonds is 3. The van der Waals surface area contributed by atoms with Gasteiger partial charge in [0.1, 0.15) is 17.9 Å². The Kier molecular flexibility index (Phi) is 3.13. The van der Waals surface area contributed by atoms with Crippen molar-refractivity contribution in [3.05, 3.63) is 59.6 Å². The van der Waals surface area contributed by atoms with Gasteiger partial charge >= 0.3 is 0 Å². The van der Waals surface area contributed by atoms with Gasteiger partial charge in [0, 0.05) is 5.56 Å². The van der Waals surface area contributed by atoms with E-state index in [-0.39, 0.29) is 22.8 Å². The SMILES string of the molecule is N#Cc1oc2ccccc2c1Oc1ccc(C=O)cc1F. The Morgan fingerprint density at radius 2 is 2.05 bits per heavy atom. The maximum absolute atomic E-state index is 13.9. The van der Waals surface area contributed by atoms with Crippen molar-refractivity contribution >= 4 is 17.3 Å². The molecule has 21 heavy (non-hydrogen) atoms. The van der Waals surface area contributed by atoms with E-state index in [9.17, 15) is 9.18 Å². The summed E-state index contributed by atoms with van der Waals surface area (Å²) in [5.74, 6) is -0.640. The number of benzene rings is 2. The lowest BCUT2D eigenvalue weighted by molar-refractivity contribution is 0.112. The van der Waals surface area contributed by atoms with Crippen LogP contribution in [0.15, 0.2) is 46.9 Å². The van der Waals surface area contributed by atoms with E-state index in [1.54, 1.807) is 24.3 Å². The molecule has 0 aliphatic heterocycles. The summed E-state index contributed by atoms with van der Waals surface area (Å²) < 4.78 is 24.7. The number of nitriles is 1. The molecule has 0 unspecified atom stereocenters. The molecule has 0 N–H and O–H groups in total. The van der Waals surface area contributed by atoms with Gasteiger partial charge in [0.25, 0.3) is 0 Å². The van der Waals surface area contributed by atoms with Crippen LogP contribution in [0.2, 0.25) is 0 Å². The zero-order valence-corrected chi connectivity index (χ0v) is 10.7. The van der Waals surface area contributed by atoms with E-state index >= 15 is 0 Å². The number of nitrogens with zero attached hydrogens (tertiary/aromatic N) is 1. The normalized spacial score (nSPS) is 10.3. The van der Waals surface area contributed by atoms with Crippen molar-refractivity contribution in [1.29, 1.82) is 5.26 Å². The van der Waals surface area contributed by atoms with Crippen molar-refractivity contribution in [1.82, 2.24) is 0 Å². The van der Waals surface area contributed by atoms with Gasteiger partial charge in [-0.15, -0.1) is 0 Å². The summed E-state index contributed by atoms with van der Waals surface area (Å²) in [5, 5.41) is 9.66. The summed E-state index contributed by atoms with van der Waals surface area (Å²) in [5.41, 5.74) is 0.686. The molecule has 0 spiro atoms. The Hall–Kier alpha value is -3.13. The number of halogens is 1. The number of hydrogen-bond donors (Lipinski definition) is 0. The van der Waals surface area contributed by atoms with E-state index in [0.717, 1.165) is 6.07 Å². The van der Waals surface area contributed by atoms with Crippen LogP contribution >= 0.6 is 0 Å². The van der Waals surface area contributed by atoms with E-state index < -0.39 is 5.82 Å². The second-order valence-corrected chi connectivity index (χ2v) is 4.28. The third-order valence-electron chi connectivity index (χ3n) is 2.96. The predicted octanol–water partition coefficient (Wildman–Crippen LogP) is 4.05. The third-order valence-corrected chi connectivity index (χ3v) is 2.96. The summed E-state index contributed by atoms with van der Waals surface area (Å²) in [6.45, 7) is 0. The number of furan rings is 1. The summed E-state index contributed by atoms with van der Waals surface area (Å²) >= 11 is 0. The first-order valence-electron chi connectivity index (χ1n) is 6.07. The van der Waals surface area contributed by atoms with Crippen molar-refractivity contribution in [2.75, 3.05) is 0 Å². The molecule has 5 heteroatoms. The van der Waals surface area contributed by atoms with Crippen molar-refractivity contribution in [2.24, 2.45) is 0 Å². The molecule has 1 aromatic heterocycles. The van der Waals surface area contributed by atoms with Crippen molar-refractivity contribution in [3.63, 3.8) is 0 Å². The van der Waals surface area contributed by atoms with Gasteiger partial charge in [-0.3, -0.25) is 4.79 Å². The van der Waals surface area contributed by atoms with Crippen LogP contribution in [0.3, 0.4) is 0 Å². The molecule has 0 atom stereocenters. The molecule has 1 heterocycles. The van der Waals surface area contributed by atoms with Gasteiger partial charge in [-0.25, -0.2) is 4.39 Å². The molecule has 0 saturated carbocycles. The summed E-state index contributed by atoms with van der Waals surface area (Å²) in [6, 6.07) is 12.6. The lowest BCUT2D eigenvalue weighted by Gasteiger charge is -2.05. The summed E-state index contributed by atoms with van der Waals surface area (Å²) in [6.07, 6.45) is 0.542. The quantitative estimate of drug-likeness (QED) is 0.679. The van der Waals surface area contributed by atoms with Gasteiger partial charge in [-0.1, -0.05) is 12.1 Å². The number of carbonyl (C=O) groups is 1. The van der Waals surface area contributed by atoms with Crippen LogP contribution in [0.25, 0.3) is 11.0 Å². The zero-order chi connectivity index (χ0) is 14.8. The molecule has 0 aliphatic rings. The van der Waals surface area contributed by atoms with Gasteiger partial charge in [0.2, 0.25) is 5.76 Å². The van der Waals surface area contributed by atoms with Crippen LogP contribution in [0.1, 0.15) is 16.1 Å². The summed E-state index contributed by atoms with van der Waals surface area (Å²) in [4.78, 5) is 10.6. The zero-order valence-electron chi connectivity index (χ0n) is 10.7. The number of para-hydroxylation sites is 1. The van der Waals surface area contributed by atoms with Crippen molar-refractivity contribution in [2.45, 2.75) is 0 Å². The van der Waals surface area contributed by atoms with Crippen molar-refractivity contribution < 1.29 is 18.3 Å². The molecular weight excluding hydrogens is 273 g/mol. The van der Waals surface area contributed by atoms with Crippen LogP contribution < -0.4 is 4.74 Å². The highest BCUT2D eigenvalue weighted by atomic mass is 19.1. The summed E-state index contributed by atoms with van der Waals surface area (Å²) in [7, 11) is 0. The maximum Gasteiger partial charge on any atom is 0.247 e. The van der Waals surface area contributed by atoms with E-state index in [4.69, 9.17) is 14.4 Å². The van der Waals surface area contributed by atoms with E-state index in [1.807, 2.05) is 6.07 Å². The van der Waals surface area contributed by atoms with Crippen LogP contribution in [-0.2, 0) is 0 Å². The van der Waals surface area contributed by atoms with Gasteiger partial charge in [-0.2, -0.15) is 5.26 Å². The van der Waals surface area contributed by atoms with E-state index in [2.05, 4.69) is 0 Å². The first-order valence-corrected chi connectivity index (χ1v) is 6.07. The molecule has 0 radical (unpaired) electrons. The molecule has 0 bridgehead atoms. The molecule has 102 valence electrons. The third kappa shape index (κ3) is 2.23. The smallest absolute Gasteiger partial charge is 0.247 e. The van der Waals surface area contributed by atoms with Crippen LogP contribution in [0.4, 0.5) is 4.39 Å².